The van der Waals surface area contributed by atoms with E-state index < -0.39 is 0 Å². The quantitative estimate of drug-likeness (QED) is 0.371. The molecule has 0 aromatic heterocycles. The van der Waals surface area contributed by atoms with Gasteiger partial charge >= 0.3 is 0 Å². The molecule has 4 aromatic carbocycles. The van der Waals surface area contributed by atoms with Gasteiger partial charge in [0.25, 0.3) is 0 Å². The minimum Gasteiger partial charge on any atom is -0.308 e. The lowest BCUT2D eigenvalue weighted by Gasteiger charge is -2.27. The number of benzene rings is 4. The van der Waals surface area contributed by atoms with E-state index in [1.807, 2.05) is 24.3 Å². The first-order valence-electron chi connectivity index (χ1n) is 9.62. The molecule has 1 N–H and O–H groups in total. The van der Waals surface area contributed by atoms with Crippen LogP contribution >= 0.6 is 0 Å². The molecule has 0 aliphatic heterocycles. The Balaban J connectivity index is 1.85. The monoisotopic (exact) mass is 361 g/mol. The fourth-order valence-electron chi connectivity index (χ4n) is 3.85. The van der Waals surface area contributed by atoms with E-state index >= 15 is 0 Å². The Bertz CT molecular complexity index is 845. The van der Waals surface area contributed by atoms with Crippen LogP contribution in [0.4, 0.5) is 0 Å². The zero-order valence-electron chi connectivity index (χ0n) is 15.7. The number of nitrogens with one attached hydrogen (secondary N) is 1. The molecule has 0 saturated heterocycles. The summed E-state index contributed by atoms with van der Waals surface area (Å²) >= 11 is 0. The van der Waals surface area contributed by atoms with Crippen molar-refractivity contribution in [2.75, 3.05) is 0 Å². The Kier molecular flexibility index (Phi) is 5.44. The average molecular weight is 361 g/mol. The highest BCUT2D eigenvalue weighted by Crippen LogP contribution is 2.35. The molecule has 0 fully saturated rings. The van der Waals surface area contributed by atoms with Gasteiger partial charge in [-0.2, -0.15) is 0 Å². The molecule has 0 unspecified atom stereocenters. The van der Waals surface area contributed by atoms with Gasteiger partial charge in [0.05, 0.1) is 0 Å². The second-order valence-electron chi connectivity index (χ2n) is 6.96. The molecule has 0 aliphatic carbocycles. The third-order valence-corrected chi connectivity index (χ3v) is 5.15. The van der Waals surface area contributed by atoms with Crippen LogP contribution in [0.1, 0.15) is 34.1 Å². The van der Waals surface area contributed by atoms with Crippen LogP contribution in [0.2, 0.25) is 0 Å². The zero-order chi connectivity index (χ0) is 19.2. The number of hydrogen-bond acceptors (Lipinski definition) is 1. The molecule has 0 bridgehead atoms. The molecule has 0 amide bonds. The Labute approximate surface area is 166 Å². The summed E-state index contributed by atoms with van der Waals surface area (Å²) in [6.07, 6.45) is 0. The lowest BCUT2D eigenvalue weighted by Crippen LogP contribution is -2.22. The molecular formula is C27H23N. The molecule has 136 valence electrons. The largest absolute Gasteiger partial charge is 0.308 e. The minimum atomic E-state index is -0.0900. The molecule has 0 spiro atoms. The van der Waals surface area contributed by atoms with Gasteiger partial charge in [-0.25, -0.2) is 0 Å². The summed E-state index contributed by atoms with van der Waals surface area (Å²) in [5, 5.41) is 9.35. The van der Waals surface area contributed by atoms with Crippen LogP contribution in [0.25, 0.3) is 0 Å². The van der Waals surface area contributed by atoms with Gasteiger partial charge in [0.1, 0.15) is 0 Å². The van der Waals surface area contributed by atoms with E-state index in [4.69, 9.17) is 0 Å². The maximum Gasteiger partial charge on any atom is 0.0476 e. The van der Waals surface area contributed by atoms with E-state index in [1.54, 1.807) is 0 Å². The summed E-state index contributed by atoms with van der Waals surface area (Å²) in [4.78, 5) is 0. The molecule has 0 atom stereocenters. The highest BCUT2D eigenvalue weighted by Gasteiger charge is 2.28. The minimum absolute atomic E-state index is 0.0900. The van der Waals surface area contributed by atoms with E-state index in [1.165, 1.54) is 0 Å². The highest BCUT2D eigenvalue weighted by atomic mass is 14.5. The average Bonchev–Trinajstić information content (AvgIpc) is 2.77. The summed E-state index contributed by atoms with van der Waals surface area (Å²) < 4.78 is 0. The number of rotatable bonds is 6. The number of hydrogen-bond donors (Lipinski definition) is 1. The lowest BCUT2D eigenvalue weighted by atomic mass is 9.76. The van der Waals surface area contributed by atoms with E-state index in [9.17, 15) is 5.41 Å². The molecule has 28 heavy (non-hydrogen) atoms. The van der Waals surface area contributed by atoms with Gasteiger partial charge in [0.2, 0.25) is 0 Å². The normalized spacial score (nSPS) is 10.9. The standard InChI is InChI=1S/C27H23N/c28-27(25(21-13-5-1-6-14-21)22-15-7-2-8-16-22)26(23-17-9-3-10-18-23)24-19-11-4-12-20-24/h1-20,25-26,28H. The second-order valence-corrected chi connectivity index (χ2v) is 6.96. The molecule has 4 rings (SSSR count). The first-order valence-corrected chi connectivity index (χ1v) is 9.62. The van der Waals surface area contributed by atoms with Crippen LogP contribution in [0.3, 0.4) is 0 Å². The maximum absolute atomic E-state index is 9.35. The van der Waals surface area contributed by atoms with Crippen LogP contribution in [0.5, 0.6) is 0 Å². The van der Waals surface area contributed by atoms with Gasteiger partial charge < -0.3 is 5.41 Å². The van der Waals surface area contributed by atoms with E-state index in [2.05, 4.69) is 97.1 Å². The second kappa shape index (κ2) is 8.49. The van der Waals surface area contributed by atoms with Crippen LogP contribution in [-0.4, -0.2) is 5.71 Å². The Morgan fingerprint density at radius 2 is 0.607 bits per heavy atom. The Morgan fingerprint density at radius 1 is 0.393 bits per heavy atom. The van der Waals surface area contributed by atoms with Gasteiger partial charge in [-0.05, 0) is 22.3 Å². The van der Waals surface area contributed by atoms with Gasteiger partial charge in [0, 0.05) is 17.5 Å². The predicted octanol–water partition coefficient (Wildman–Crippen LogP) is 6.67. The van der Waals surface area contributed by atoms with Crippen LogP contribution in [0, 0.1) is 5.41 Å². The molecule has 1 nitrogen and oxygen atoms in total. The SMILES string of the molecule is N=C(C(c1ccccc1)c1ccccc1)C(c1ccccc1)c1ccccc1. The van der Waals surface area contributed by atoms with Gasteiger partial charge in [-0.3, -0.25) is 0 Å². The smallest absolute Gasteiger partial charge is 0.0476 e. The van der Waals surface area contributed by atoms with E-state index in [0.717, 1.165) is 22.3 Å². The van der Waals surface area contributed by atoms with Crippen molar-refractivity contribution >= 4 is 5.71 Å². The van der Waals surface area contributed by atoms with Crippen molar-refractivity contribution in [1.29, 1.82) is 5.41 Å². The molecule has 0 aliphatic rings. The lowest BCUT2D eigenvalue weighted by molar-refractivity contribution is 0.952. The van der Waals surface area contributed by atoms with Crippen molar-refractivity contribution in [1.82, 2.24) is 0 Å². The predicted molar refractivity (Wildman–Crippen MR) is 117 cm³/mol. The third kappa shape index (κ3) is 3.79. The van der Waals surface area contributed by atoms with E-state index in [0.29, 0.717) is 5.71 Å². The van der Waals surface area contributed by atoms with Crippen LogP contribution in [-0.2, 0) is 0 Å². The fourth-order valence-corrected chi connectivity index (χ4v) is 3.85. The van der Waals surface area contributed by atoms with Crippen molar-refractivity contribution in [3.8, 4) is 0 Å². The van der Waals surface area contributed by atoms with Crippen LogP contribution in [0.15, 0.2) is 121 Å². The fraction of sp³-hybridized carbons (Fsp3) is 0.0741. The molecule has 0 heterocycles. The van der Waals surface area contributed by atoms with Crippen molar-refractivity contribution < 1.29 is 0 Å². The summed E-state index contributed by atoms with van der Waals surface area (Å²) in [6.45, 7) is 0. The molecule has 0 radical (unpaired) electrons. The Hall–Kier alpha value is -3.45. The highest BCUT2D eigenvalue weighted by molar-refractivity contribution is 5.99. The van der Waals surface area contributed by atoms with Crippen LogP contribution < -0.4 is 0 Å². The van der Waals surface area contributed by atoms with Gasteiger partial charge in [0.15, 0.2) is 0 Å². The summed E-state index contributed by atoms with van der Waals surface area (Å²) in [5.74, 6) is -0.180. The topological polar surface area (TPSA) is 23.9 Å². The van der Waals surface area contributed by atoms with Crippen molar-refractivity contribution in [3.63, 3.8) is 0 Å². The zero-order valence-corrected chi connectivity index (χ0v) is 15.7. The first-order chi connectivity index (χ1) is 13.8. The Morgan fingerprint density at radius 3 is 0.821 bits per heavy atom. The van der Waals surface area contributed by atoms with E-state index in [-0.39, 0.29) is 11.8 Å². The van der Waals surface area contributed by atoms with Crippen molar-refractivity contribution in [2.45, 2.75) is 11.8 Å². The van der Waals surface area contributed by atoms with Crippen molar-refractivity contribution in [2.24, 2.45) is 0 Å². The van der Waals surface area contributed by atoms with Crippen molar-refractivity contribution in [3.05, 3.63) is 144 Å². The molecule has 0 saturated carbocycles. The molecule has 1 heteroatoms. The summed E-state index contributed by atoms with van der Waals surface area (Å²) in [6, 6.07) is 41.5. The molecule has 4 aromatic rings. The third-order valence-electron chi connectivity index (χ3n) is 5.15. The summed E-state index contributed by atoms with van der Waals surface area (Å²) in [7, 11) is 0. The molecular weight excluding hydrogens is 338 g/mol. The van der Waals surface area contributed by atoms with Gasteiger partial charge in [-0.1, -0.05) is 121 Å². The first kappa shape index (κ1) is 17.9. The summed E-state index contributed by atoms with van der Waals surface area (Å²) in [5.41, 5.74) is 5.28. The maximum atomic E-state index is 9.35. The van der Waals surface area contributed by atoms with Gasteiger partial charge in [-0.15, -0.1) is 0 Å².